The van der Waals surface area contributed by atoms with Gasteiger partial charge in [-0.1, -0.05) is 30.3 Å². The lowest BCUT2D eigenvalue weighted by atomic mass is 9.89. The summed E-state index contributed by atoms with van der Waals surface area (Å²) in [5.74, 6) is -0.621. The van der Waals surface area contributed by atoms with Crippen LogP contribution in [0.15, 0.2) is 54.6 Å². The molecule has 5 rings (SSSR count). The minimum atomic E-state index is -0.917. The van der Waals surface area contributed by atoms with Crippen molar-refractivity contribution in [2.75, 3.05) is 31.6 Å². The highest BCUT2D eigenvalue weighted by Gasteiger charge is 2.27. The lowest BCUT2D eigenvalue weighted by Gasteiger charge is -2.33. The number of carboxylic acid groups (broad SMARTS) is 1. The molecule has 0 aliphatic carbocycles. The molecule has 0 radical (unpaired) electrons. The number of halogens is 1. The molecule has 192 valence electrons. The maximum Gasteiger partial charge on any atom is 0.307 e. The Kier molecular flexibility index (Phi) is 7.12. The molecule has 1 N–H and O–H groups in total. The molecule has 0 fully saturated rings. The number of aryl methyl sites for hydroxylation is 1. The first kappa shape index (κ1) is 24.8. The predicted molar refractivity (Wildman–Crippen MR) is 140 cm³/mol. The van der Waals surface area contributed by atoms with E-state index < -0.39 is 5.97 Å². The van der Waals surface area contributed by atoms with E-state index in [4.69, 9.17) is 4.74 Å². The standard InChI is InChI=1S/C30H31FN2O4/c1-37-28-11-8-20(18-30(35)36)17-24(28)22-9-10-26(31)25-19-33(15-12-23(22)25)29(34)13-16-32-14-4-6-21-5-2-3-7-27(21)32/h2-3,5,7-11,17H,4,6,12-16,18-19H2,1H3,(H,35,36). The second-order valence-electron chi connectivity index (χ2n) is 9.69. The quantitative estimate of drug-likeness (QED) is 0.500. The fourth-order valence-electron chi connectivity index (χ4n) is 5.59. The molecule has 2 aliphatic heterocycles. The van der Waals surface area contributed by atoms with Gasteiger partial charge >= 0.3 is 5.97 Å². The Labute approximate surface area is 216 Å². The number of hydrogen-bond donors (Lipinski definition) is 1. The molecule has 0 bridgehead atoms. The fraction of sp³-hybridized carbons (Fsp3) is 0.333. The van der Waals surface area contributed by atoms with Crippen LogP contribution < -0.4 is 9.64 Å². The van der Waals surface area contributed by atoms with Gasteiger partial charge in [0.15, 0.2) is 0 Å². The number of carbonyl (C=O) groups is 2. The monoisotopic (exact) mass is 502 g/mol. The van der Waals surface area contributed by atoms with Crippen molar-refractivity contribution in [3.05, 3.63) is 82.7 Å². The van der Waals surface area contributed by atoms with E-state index in [1.54, 1.807) is 36.3 Å². The summed E-state index contributed by atoms with van der Waals surface area (Å²) in [4.78, 5) is 28.5. The first-order valence-corrected chi connectivity index (χ1v) is 12.7. The van der Waals surface area contributed by atoms with Gasteiger partial charge in [-0.05, 0) is 65.8 Å². The Morgan fingerprint density at radius 3 is 2.65 bits per heavy atom. The molecule has 3 aromatic carbocycles. The van der Waals surface area contributed by atoms with Crippen molar-refractivity contribution < 1.29 is 23.8 Å². The number of nitrogens with zero attached hydrogens (tertiary/aromatic N) is 2. The van der Waals surface area contributed by atoms with Crippen LogP contribution in [-0.2, 0) is 35.4 Å². The third kappa shape index (κ3) is 5.17. The smallest absolute Gasteiger partial charge is 0.307 e. The lowest BCUT2D eigenvalue weighted by Crippen LogP contribution is -2.39. The van der Waals surface area contributed by atoms with E-state index in [2.05, 4.69) is 23.1 Å². The van der Waals surface area contributed by atoms with Gasteiger partial charge in [0.25, 0.3) is 0 Å². The highest BCUT2D eigenvalue weighted by Crippen LogP contribution is 2.38. The van der Waals surface area contributed by atoms with Crippen LogP contribution in [0.25, 0.3) is 11.1 Å². The normalized spacial score (nSPS) is 14.6. The highest BCUT2D eigenvalue weighted by molar-refractivity contribution is 5.80. The Hall–Kier alpha value is -3.87. The van der Waals surface area contributed by atoms with Crippen molar-refractivity contribution in [2.24, 2.45) is 0 Å². The zero-order valence-corrected chi connectivity index (χ0v) is 21.0. The highest BCUT2D eigenvalue weighted by atomic mass is 19.1. The summed E-state index contributed by atoms with van der Waals surface area (Å²) < 4.78 is 20.6. The number of methoxy groups -OCH3 is 1. The van der Waals surface area contributed by atoms with Crippen LogP contribution >= 0.6 is 0 Å². The second-order valence-corrected chi connectivity index (χ2v) is 9.69. The van der Waals surface area contributed by atoms with Gasteiger partial charge in [0, 0.05) is 49.4 Å². The van der Waals surface area contributed by atoms with Crippen molar-refractivity contribution in [1.82, 2.24) is 4.90 Å². The van der Waals surface area contributed by atoms with Crippen LogP contribution in [0.1, 0.15) is 35.1 Å². The number of ether oxygens (including phenoxy) is 1. The third-order valence-corrected chi connectivity index (χ3v) is 7.42. The van der Waals surface area contributed by atoms with Crippen LogP contribution in [0.5, 0.6) is 5.75 Å². The van der Waals surface area contributed by atoms with E-state index in [9.17, 15) is 14.7 Å². The third-order valence-electron chi connectivity index (χ3n) is 7.42. The summed E-state index contributed by atoms with van der Waals surface area (Å²) in [6.07, 6.45) is 2.94. The van der Waals surface area contributed by atoms with Crippen LogP contribution in [0, 0.1) is 5.82 Å². The fourth-order valence-corrected chi connectivity index (χ4v) is 5.59. The molecule has 1 amide bonds. The first-order chi connectivity index (χ1) is 17.9. The van der Waals surface area contributed by atoms with Gasteiger partial charge in [-0.25, -0.2) is 4.39 Å². The van der Waals surface area contributed by atoms with E-state index in [0.717, 1.165) is 36.1 Å². The van der Waals surface area contributed by atoms with Crippen LogP contribution in [0.2, 0.25) is 0 Å². The molecule has 0 unspecified atom stereocenters. The van der Waals surface area contributed by atoms with Crippen molar-refractivity contribution in [1.29, 1.82) is 0 Å². The zero-order valence-electron chi connectivity index (χ0n) is 21.0. The Balaban J connectivity index is 1.35. The van der Waals surface area contributed by atoms with Gasteiger partial charge in [0.05, 0.1) is 13.5 Å². The number of fused-ring (bicyclic) bond motifs is 2. The molecule has 2 aliphatic rings. The predicted octanol–water partition coefficient (Wildman–Crippen LogP) is 4.86. The largest absolute Gasteiger partial charge is 0.496 e. The summed E-state index contributed by atoms with van der Waals surface area (Å²) in [5, 5.41) is 9.22. The zero-order chi connectivity index (χ0) is 25.9. The summed E-state index contributed by atoms with van der Waals surface area (Å²) in [6.45, 7) is 2.32. The maximum atomic E-state index is 15.0. The second kappa shape index (κ2) is 10.6. The molecule has 37 heavy (non-hydrogen) atoms. The van der Waals surface area contributed by atoms with Gasteiger partial charge in [0.1, 0.15) is 11.6 Å². The average Bonchev–Trinajstić information content (AvgIpc) is 2.91. The number of aliphatic carboxylic acids is 1. The van der Waals surface area contributed by atoms with Crippen LogP contribution in [0.3, 0.4) is 0 Å². The van der Waals surface area contributed by atoms with Crippen molar-refractivity contribution in [3.63, 3.8) is 0 Å². The van der Waals surface area contributed by atoms with E-state index in [-0.39, 0.29) is 24.7 Å². The van der Waals surface area contributed by atoms with Crippen LogP contribution in [0.4, 0.5) is 10.1 Å². The average molecular weight is 503 g/mol. The van der Waals surface area contributed by atoms with Crippen molar-refractivity contribution in [3.8, 4) is 16.9 Å². The van der Waals surface area contributed by atoms with Gasteiger partial charge < -0.3 is 19.6 Å². The SMILES string of the molecule is COc1ccc(CC(=O)O)cc1-c1ccc(F)c2c1CCN(C(=O)CCN1CCCc3ccccc31)C2. The van der Waals surface area contributed by atoms with Gasteiger partial charge in [-0.15, -0.1) is 0 Å². The lowest BCUT2D eigenvalue weighted by molar-refractivity contribution is -0.136. The molecule has 0 aromatic heterocycles. The van der Waals surface area contributed by atoms with E-state index in [0.29, 0.717) is 42.8 Å². The molecular weight excluding hydrogens is 471 g/mol. The Bertz CT molecular complexity index is 1340. The molecular formula is C30H31FN2O4. The molecule has 0 spiro atoms. The number of carbonyl (C=O) groups excluding carboxylic acids is 1. The summed E-state index contributed by atoms with van der Waals surface area (Å²) in [5.41, 5.74) is 6.10. The number of para-hydroxylation sites is 1. The van der Waals surface area contributed by atoms with Gasteiger partial charge in [0.2, 0.25) is 5.91 Å². The minimum Gasteiger partial charge on any atom is -0.496 e. The van der Waals surface area contributed by atoms with Crippen molar-refractivity contribution >= 4 is 17.6 Å². The van der Waals surface area contributed by atoms with E-state index in [1.165, 1.54) is 17.3 Å². The molecule has 2 heterocycles. The molecule has 0 saturated heterocycles. The first-order valence-electron chi connectivity index (χ1n) is 12.7. The van der Waals surface area contributed by atoms with Gasteiger partial charge in [-0.2, -0.15) is 0 Å². The molecule has 7 heteroatoms. The number of benzene rings is 3. The Morgan fingerprint density at radius 2 is 1.84 bits per heavy atom. The van der Waals surface area contributed by atoms with E-state index >= 15 is 4.39 Å². The molecule has 0 saturated carbocycles. The summed E-state index contributed by atoms with van der Waals surface area (Å²) in [6, 6.07) is 16.8. The minimum absolute atomic E-state index is 0.0274. The van der Waals surface area contributed by atoms with Crippen LogP contribution in [-0.4, -0.2) is 48.6 Å². The topological polar surface area (TPSA) is 70.1 Å². The summed E-state index contributed by atoms with van der Waals surface area (Å²) in [7, 11) is 1.56. The summed E-state index contributed by atoms with van der Waals surface area (Å²) >= 11 is 0. The molecule has 6 nitrogen and oxygen atoms in total. The number of hydrogen-bond acceptors (Lipinski definition) is 4. The van der Waals surface area contributed by atoms with E-state index in [1.807, 2.05) is 6.07 Å². The maximum absolute atomic E-state index is 15.0. The van der Waals surface area contributed by atoms with Gasteiger partial charge in [-0.3, -0.25) is 9.59 Å². The molecule has 0 atom stereocenters. The Morgan fingerprint density at radius 1 is 1.00 bits per heavy atom. The number of anilines is 1. The molecule has 3 aromatic rings. The van der Waals surface area contributed by atoms with Crippen molar-refractivity contribution in [2.45, 2.75) is 38.6 Å². The number of rotatable bonds is 7. The number of carboxylic acids is 1. The number of amides is 1.